The van der Waals surface area contributed by atoms with Crippen molar-refractivity contribution in [3.8, 4) is 0 Å². The summed E-state index contributed by atoms with van der Waals surface area (Å²) in [6, 6.07) is 20.0. The Morgan fingerprint density at radius 1 is 0.905 bits per heavy atom. The normalized spacial score (nSPS) is 28.5. The van der Waals surface area contributed by atoms with Crippen LogP contribution in [0.5, 0.6) is 0 Å². The molecule has 2 aliphatic rings. The fraction of sp³-hybridized carbons (Fsp3) is 0.222. The molecule has 2 aromatic carbocycles. The van der Waals surface area contributed by atoms with Gasteiger partial charge < -0.3 is 14.6 Å². The van der Waals surface area contributed by atoms with Crippen LogP contribution in [0.3, 0.4) is 0 Å². The van der Waals surface area contributed by atoms with Crippen LogP contribution < -0.4 is 0 Å². The largest absolute Gasteiger partial charge is 0.472 e. The van der Waals surface area contributed by atoms with E-state index in [9.17, 15) is 5.11 Å². The van der Waals surface area contributed by atoms with Crippen LogP contribution in [0.15, 0.2) is 73.0 Å². The Morgan fingerprint density at radius 2 is 1.48 bits per heavy atom. The van der Waals surface area contributed by atoms with E-state index in [1.54, 1.807) is 6.26 Å². The van der Waals surface area contributed by atoms with E-state index in [2.05, 4.69) is 0 Å². The van der Waals surface area contributed by atoms with Crippen molar-refractivity contribution in [3.05, 3.63) is 84.1 Å². The van der Waals surface area contributed by atoms with Gasteiger partial charge >= 0.3 is 0 Å². The second kappa shape index (κ2) is 4.45. The second-order valence-electron chi connectivity index (χ2n) is 5.50. The molecular weight excluding hydrogens is 264 g/mol. The molecule has 2 atom stereocenters. The first kappa shape index (κ1) is 12.6. The Hall–Kier alpha value is -2.10. The molecule has 2 heterocycles. The first-order chi connectivity index (χ1) is 10.3. The molecule has 0 bridgehead atoms. The van der Waals surface area contributed by atoms with Crippen LogP contribution in [0.2, 0.25) is 0 Å². The maximum atomic E-state index is 10.1. The second-order valence-corrected chi connectivity index (χ2v) is 5.50. The summed E-state index contributed by atoms with van der Waals surface area (Å²) in [6.07, 6.45) is 3.14. The highest BCUT2D eigenvalue weighted by Crippen LogP contribution is 2.63. The van der Waals surface area contributed by atoms with Crippen molar-refractivity contribution in [1.29, 1.82) is 0 Å². The zero-order chi connectivity index (χ0) is 14.3. The van der Waals surface area contributed by atoms with Crippen molar-refractivity contribution in [2.75, 3.05) is 6.61 Å². The minimum atomic E-state index is -0.706. The lowest BCUT2D eigenvalue weighted by Crippen LogP contribution is -2.67. The zero-order valence-corrected chi connectivity index (χ0v) is 11.5. The first-order valence-electron chi connectivity index (χ1n) is 7.06. The molecule has 2 aliphatic heterocycles. The third-order valence-corrected chi connectivity index (χ3v) is 4.55. The molecule has 3 nitrogen and oxygen atoms in total. The Morgan fingerprint density at radius 3 is 1.95 bits per heavy atom. The summed E-state index contributed by atoms with van der Waals surface area (Å²) in [6.45, 7) is -0.0298. The lowest BCUT2D eigenvalue weighted by atomic mass is 9.61. The number of ether oxygens (including phenoxy) is 2. The predicted molar refractivity (Wildman–Crippen MR) is 78.3 cm³/mol. The van der Waals surface area contributed by atoms with Gasteiger partial charge in [0.25, 0.3) is 0 Å². The number of benzene rings is 2. The van der Waals surface area contributed by atoms with E-state index < -0.39 is 17.3 Å². The van der Waals surface area contributed by atoms with E-state index >= 15 is 0 Å². The fourth-order valence-electron chi connectivity index (χ4n) is 3.48. The van der Waals surface area contributed by atoms with Crippen molar-refractivity contribution < 1.29 is 14.6 Å². The number of hydrogen-bond donors (Lipinski definition) is 1. The van der Waals surface area contributed by atoms with Gasteiger partial charge in [0.2, 0.25) is 6.29 Å². The molecule has 3 heteroatoms. The van der Waals surface area contributed by atoms with E-state index in [0.29, 0.717) is 0 Å². The molecule has 106 valence electrons. The number of fused-ring (bicyclic) bond motifs is 1. The van der Waals surface area contributed by atoms with Crippen molar-refractivity contribution in [2.24, 2.45) is 5.41 Å². The molecule has 4 rings (SSSR count). The highest BCUT2D eigenvalue weighted by molar-refractivity contribution is 5.46. The minimum absolute atomic E-state index is 0.0298. The Labute approximate surface area is 123 Å². The van der Waals surface area contributed by atoms with Crippen LogP contribution >= 0.6 is 0 Å². The molecule has 21 heavy (non-hydrogen) atoms. The summed E-state index contributed by atoms with van der Waals surface area (Å²) in [7, 11) is 0. The third-order valence-electron chi connectivity index (χ3n) is 4.55. The maximum Gasteiger partial charge on any atom is 0.215 e. The van der Waals surface area contributed by atoms with Gasteiger partial charge in [0.05, 0.1) is 12.9 Å². The third kappa shape index (κ3) is 1.45. The molecule has 0 saturated carbocycles. The van der Waals surface area contributed by atoms with Crippen LogP contribution in [-0.2, 0) is 15.1 Å². The van der Waals surface area contributed by atoms with Crippen molar-refractivity contribution >= 4 is 0 Å². The van der Waals surface area contributed by atoms with Gasteiger partial charge in [-0.15, -0.1) is 0 Å². The van der Waals surface area contributed by atoms with Crippen LogP contribution in [0.1, 0.15) is 11.1 Å². The van der Waals surface area contributed by atoms with Crippen LogP contribution in [0.4, 0.5) is 0 Å². The molecule has 0 unspecified atom stereocenters. The highest BCUT2D eigenvalue weighted by atomic mass is 16.7. The van der Waals surface area contributed by atoms with Gasteiger partial charge in [-0.2, -0.15) is 0 Å². The Kier molecular flexibility index (Phi) is 2.67. The summed E-state index contributed by atoms with van der Waals surface area (Å²) >= 11 is 0. The minimum Gasteiger partial charge on any atom is -0.472 e. The van der Waals surface area contributed by atoms with Gasteiger partial charge in [0.15, 0.2) is 0 Å². The number of aliphatic hydroxyl groups excluding tert-OH is 1. The van der Waals surface area contributed by atoms with E-state index in [-0.39, 0.29) is 6.61 Å². The summed E-state index contributed by atoms with van der Waals surface area (Å²) in [4.78, 5) is 0. The average molecular weight is 280 g/mol. The number of hydrogen-bond acceptors (Lipinski definition) is 3. The molecule has 1 saturated heterocycles. The fourth-order valence-corrected chi connectivity index (χ4v) is 3.48. The number of rotatable bonds is 3. The maximum absolute atomic E-state index is 10.1. The Bertz CT molecular complexity index is 626. The lowest BCUT2D eigenvalue weighted by molar-refractivity contribution is -0.360. The van der Waals surface area contributed by atoms with Gasteiger partial charge in [-0.05, 0) is 17.2 Å². The molecule has 0 amide bonds. The van der Waals surface area contributed by atoms with Crippen molar-refractivity contribution in [2.45, 2.75) is 11.9 Å². The molecule has 0 aliphatic carbocycles. The number of aliphatic hydroxyl groups is 1. The first-order valence-corrected chi connectivity index (χ1v) is 7.06. The van der Waals surface area contributed by atoms with Crippen LogP contribution in [-0.4, -0.2) is 18.0 Å². The smallest absolute Gasteiger partial charge is 0.215 e. The predicted octanol–water partition coefficient (Wildman–Crippen LogP) is 2.81. The molecule has 0 spiro atoms. The molecular formula is C18H16O3. The monoisotopic (exact) mass is 280 g/mol. The molecule has 1 fully saturated rings. The average Bonchev–Trinajstić information content (AvgIpc) is 2.88. The Balaban J connectivity index is 1.95. The summed E-state index contributed by atoms with van der Waals surface area (Å²) in [5.41, 5.74) is 0.769. The molecule has 0 radical (unpaired) electrons. The zero-order valence-electron chi connectivity index (χ0n) is 11.5. The van der Waals surface area contributed by atoms with Gasteiger partial charge in [-0.25, -0.2) is 0 Å². The van der Waals surface area contributed by atoms with Crippen LogP contribution in [0.25, 0.3) is 0 Å². The van der Waals surface area contributed by atoms with Gasteiger partial charge in [-0.3, -0.25) is 0 Å². The van der Waals surface area contributed by atoms with Crippen molar-refractivity contribution in [3.63, 3.8) is 0 Å². The topological polar surface area (TPSA) is 38.7 Å². The van der Waals surface area contributed by atoms with Gasteiger partial charge in [0, 0.05) is 0 Å². The van der Waals surface area contributed by atoms with Crippen LogP contribution in [0, 0.1) is 5.41 Å². The quantitative estimate of drug-likeness (QED) is 0.939. The lowest BCUT2D eigenvalue weighted by Gasteiger charge is -2.58. The molecule has 1 N–H and O–H groups in total. The van der Waals surface area contributed by atoms with E-state index in [1.165, 1.54) is 0 Å². The van der Waals surface area contributed by atoms with E-state index in [1.807, 2.05) is 66.7 Å². The molecule has 0 aromatic heterocycles. The summed E-state index contributed by atoms with van der Waals surface area (Å²) in [5.74, 6) is 0. The van der Waals surface area contributed by atoms with Gasteiger partial charge in [0.1, 0.15) is 11.0 Å². The SMILES string of the molecule is OC[C@]12C=CO[C@@H]1OC2(c1ccccc1)c1ccccc1. The van der Waals surface area contributed by atoms with E-state index in [0.717, 1.165) is 11.1 Å². The van der Waals surface area contributed by atoms with E-state index in [4.69, 9.17) is 9.47 Å². The highest BCUT2D eigenvalue weighted by Gasteiger charge is 2.70. The summed E-state index contributed by atoms with van der Waals surface area (Å²) < 4.78 is 11.7. The molecule has 2 aromatic rings. The summed E-state index contributed by atoms with van der Waals surface area (Å²) in [5, 5.41) is 10.1. The standard InChI is InChI=1S/C18H16O3/c19-13-17-11-12-20-16(17)21-18(17,14-7-3-1-4-8-14)15-9-5-2-6-10-15/h1-12,16,19H,13H2/t16-,17-/m1/s1. The van der Waals surface area contributed by atoms with Gasteiger partial charge in [-0.1, -0.05) is 60.7 Å². The van der Waals surface area contributed by atoms with Crippen molar-refractivity contribution in [1.82, 2.24) is 0 Å².